The number of carbonyl (C=O) groups excluding carboxylic acids is 3. The first-order chi connectivity index (χ1) is 13.4. The van der Waals surface area contributed by atoms with E-state index in [-0.39, 0.29) is 35.0 Å². The maximum Gasteiger partial charge on any atom is 0.344 e. The normalized spacial score (nSPS) is 27.2. The molecule has 0 aromatic rings. The second-order valence-electron chi connectivity index (χ2n) is 9.88. The summed E-state index contributed by atoms with van der Waals surface area (Å²) in [6.45, 7) is 13.5. The molecule has 2 N–H and O–H groups in total. The number of amides is 4. The Morgan fingerprint density at radius 3 is 2.62 bits per heavy atom. The number of nitrogens with zero attached hydrogens (tertiary/aromatic N) is 2. The standard InChI is InChI=1S/C20H34N4O4Si/c1-13-11-15-12-23(19(27)24(15)28-29(5,6)20(2,3)4)17(13)18(26)21-10-9-14-7-8-16(25)22-14/h11,14-15,17H,7-10,12H2,1-6H3,(H,21,26)(H,22,25)/t14-,15+,17-/m0/s1. The molecule has 0 saturated carbocycles. The van der Waals surface area contributed by atoms with Gasteiger partial charge in [-0.25, -0.2) is 9.86 Å². The van der Waals surface area contributed by atoms with Crippen LogP contribution in [-0.2, 0) is 14.1 Å². The summed E-state index contributed by atoms with van der Waals surface area (Å²) in [5, 5.41) is 7.31. The molecule has 3 aliphatic rings. The molecule has 4 amide bonds. The number of fused-ring (bicyclic) bond motifs is 2. The monoisotopic (exact) mass is 422 g/mol. The summed E-state index contributed by atoms with van der Waals surface area (Å²) in [4.78, 5) is 38.8. The average molecular weight is 423 g/mol. The van der Waals surface area contributed by atoms with E-state index in [1.165, 1.54) is 5.06 Å². The van der Waals surface area contributed by atoms with E-state index in [1.54, 1.807) is 4.90 Å². The summed E-state index contributed by atoms with van der Waals surface area (Å²) in [6, 6.07) is -0.882. The lowest BCUT2D eigenvalue weighted by Gasteiger charge is -2.39. The largest absolute Gasteiger partial charge is 0.354 e. The summed E-state index contributed by atoms with van der Waals surface area (Å²) in [7, 11) is -2.17. The van der Waals surface area contributed by atoms with E-state index < -0.39 is 14.4 Å². The lowest BCUT2D eigenvalue weighted by molar-refractivity contribution is -0.124. The van der Waals surface area contributed by atoms with Gasteiger partial charge in [0, 0.05) is 19.0 Å². The van der Waals surface area contributed by atoms with Gasteiger partial charge in [-0.1, -0.05) is 26.8 Å². The third-order valence-electron chi connectivity index (χ3n) is 6.58. The van der Waals surface area contributed by atoms with Crippen LogP contribution in [0.2, 0.25) is 18.1 Å². The molecule has 0 aromatic heterocycles. The van der Waals surface area contributed by atoms with Crippen molar-refractivity contribution in [2.45, 2.75) is 83.2 Å². The fourth-order valence-corrected chi connectivity index (χ4v) is 4.78. The zero-order valence-corrected chi connectivity index (χ0v) is 19.4. The van der Waals surface area contributed by atoms with Crippen molar-refractivity contribution in [1.82, 2.24) is 20.6 Å². The van der Waals surface area contributed by atoms with Crippen molar-refractivity contribution in [3.05, 3.63) is 11.6 Å². The van der Waals surface area contributed by atoms with Crippen LogP contribution in [0.25, 0.3) is 0 Å². The van der Waals surface area contributed by atoms with Crippen molar-refractivity contribution >= 4 is 26.2 Å². The topological polar surface area (TPSA) is 91.0 Å². The van der Waals surface area contributed by atoms with Gasteiger partial charge < -0.3 is 20.1 Å². The summed E-state index contributed by atoms with van der Waals surface area (Å²) in [5.74, 6) is -0.105. The van der Waals surface area contributed by atoms with E-state index in [4.69, 9.17) is 4.53 Å². The summed E-state index contributed by atoms with van der Waals surface area (Å²) in [5.41, 5.74) is 0.864. The zero-order valence-electron chi connectivity index (χ0n) is 18.4. The Morgan fingerprint density at radius 2 is 2.03 bits per heavy atom. The second kappa shape index (κ2) is 7.75. The molecule has 29 heavy (non-hydrogen) atoms. The highest BCUT2D eigenvalue weighted by Crippen LogP contribution is 2.39. The molecule has 8 nitrogen and oxygen atoms in total. The Balaban J connectivity index is 1.62. The molecule has 3 aliphatic heterocycles. The third-order valence-corrected chi connectivity index (χ3v) is 10.8. The molecular weight excluding hydrogens is 388 g/mol. The van der Waals surface area contributed by atoms with E-state index in [0.29, 0.717) is 25.9 Å². The maximum absolute atomic E-state index is 13.1. The van der Waals surface area contributed by atoms with Crippen molar-refractivity contribution in [3.63, 3.8) is 0 Å². The lowest BCUT2D eigenvalue weighted by atomic mass is 10.00. The first-order valence-electron chi connectivity index (χ1n) is 10.4. The van der Waals surface area contributed by atoms with Crippen LogP contribution >= 0.6 is 0 Å². The summed E-state index contributed by atoms with van der Waals surface area (Å²) >= 11 is 0. The van der Waals surface area contributed by atoms with Crippen LogP contribution < -0.4 is 10.6 Å². The molecule has 9 heteroatoms. The molecule has 162 valence electrons. The quantitative estimate of drug-likeness (QED) is 0.507. The molecular formula is C20H34N4O4Si. The minimum atomic E-state index is -2.17. The Bertz CT molecular complexity index is 730. The van der Waals surface area contributed by atoms with E-state index in [0.717, 1.165) is 12.0 Å². The van der Waals surface area contributed by atoms with Gasteiger partial charge in [-0.2, -0.15) is 0 Å². The zero-order chi connectivity index (χ0) is 21.6. The molecule has 0 aliphatic carbocycles. The SMILES string of the molecule is CC1=C[C@@H]2CN(C(=O)N2O[Si](C)(C)C(C)(C)C)[C@@H]1C(=O)NCC[C@@H]1CCC(=O)N1. The highest BCUT2D eigenvalue weighted by atomic mass is 28.4. The Hall–Kier alpha value is -1.87. The third kappa shape index (κ3) is 4.35. The van der Waals surface area contributed by atoms with E-state index >= 15 is 0 Å². The van der Waals surface area contributed by atoms with Crippen LogP contribution in [0.5, 0.6) is 0 Å². The lowest BCUT2D eigenvalue weighted by Crippen LogP contribution is -2.51. The van der Waals surface area contributed by atoms with Crippen LogP contribution in [0.3, 0.4) is 0 Å². The first-order valence-corrected chi connectivity index (χ1v) is 13.4. The van der Waals surface area contributed by atoms with E-state index in [9.17, 15) is 14.4 Å². The van der Waals surface area contributed by atoms with Gasteiger partial charge in [0.05, 0.1) is 12.6 Å². The Kier molecular flexibility index (Phi) is 5.84. The van der Waals surface area contributed by atoms with Crippen molar-refractivity contribution < 1.29 is 18.9 Å². The predicted molar refractivity (Wildman–Crippen MR) is 112 cm³/mol. The van der Waals surface area contributed by atoms with Crippen LogP contribution in [0.1, 0.15) is 47.0 Å². The number of hydrogen-bond acceptors (Lipinski definition) is 4. The minimum Gasteiger partial charge on any atom is -0.354 e. The number of urea groups is 1. The van der Waals surface area contributed by atoms with Crippen LogP contribution in [0, 0.1) is 0 Å². The van der Waals surface area contributed by atoms with Crippen molar-refractivity contribution in [2.75, 3.05) is 13.1 Å². The molecule has 3 heterocycles. The molecule has 2 saturated heterocycles. The molecule has 2 bridgehead atoms. The van der Waals surface area contributed by atoms with Crippen molar-refractivity contribution in [1.29, 1.82) is 0 Å². The number of carbonyl (C=O) groups is 3. The number of nitrogens with one attached hydrogen (secondary N) is 2. The first kappa shape index (κ1) is 21.8. The highest BCUT2D eigenvalue weighted by Gasteiger charge is 2.50. The molecule has 2 fully saturated rings. The summed E-state index contributed by atoms with van der Waals surface area (Å²) in [6.07, 6.45) is 4.04. The fourth-order valence-electron chi connectivity index (χ4n) is 3.80. The summed E-state index contributed by atoms with van der Waals surface area (Å²) < 4.78 is 6.29. The fraction of sp³-hybridized carbons (Fsp3) is 0.750. The smallest absolute Gasteiger partial charge is 0.344 e. The van der Waals surface area contributed by atoms with Crippen LogP contribution in [-0.4, -0.2) is 67.3 Å². The van der Waals surface area contributed by atoms with Gasteiger partial charge in [0.1, 0.15) is 6.04 Å². The minimum absolute atomic E-state index is 0.0233. The second-order valence-corrected chi connectivity index (χ2v) is 14.6. The number of hydroxylamine groups is 2. The van der Waals surface area contributed by atoms with Gasteiger partial charge in [-0.3, -0.25) is 9.59 Å². The molecule has 3 atom stereocenters. The number of hydrogen-bond donors (Lipinski definition) is 2. The van der Waals surface area contributed by atoms with Crippen LogP contribution in [0.4, 0.5) is 4.79 Å². The molecule has 0 unspecified atom stereocenters. The number of rotatable bonds is 6. The van der Waals surface area contributed by atoms with Gasteiger partial charge in [0.15, 0.2) is 0 Å². The molecule has 0 radical (unpaired) electrons. The van der Waals surface area contributed by atoms with Gasteiger partial charge in [-0.05, 0) is 43.5 Å². The van der Waals surface area contributed by atoms with Crippen molar-refractivity contribution in [3.8, 4) is 0 Å². The van der Waals surface area contributed by atoms with Gasteiger partial charge >= 0.3 is 6.03 Å². The molecule has 0 aromatic carbocycles. The van der Waals surface area contributed by atoms with Gasteiger partial charge in [0.2, 0.25) is 20.1 Å². The average Bonchev–Trinajstić information content (AvgIpc) is 3.11. The molecule has 3 rings (SSSR count). The Morgan fingerprint density at radius 1 is 1.34 bits per heavy atom. The van der Waals surface area contributed by atoms with Crippen LogP contribution in [0.15, 0.2) is 11.6 Å². The van der Waals surface area contributed by atoms with Crippen molar-refractivity contribution in [2.24, 2.45) is 0 Å². The Labute approximate surface area is 174 Å². The molecule has 0 spiro atoms. The highest BCUT2D eigenvalue weighted by molar-refractivity contribution is 6.74. The predicted octanol–water partition coefficient (Wildman–Crippen LogP) is 2.14. The maximum atomic E-state index is 13.1. The van der Waals surface area contributed by atoms with Gasteiger partial charge in [-0.15, -0.1) is 0 Å². The van der Waals surface area contributed by atoms with Gasteiger partial charge in [0.25, 0.3) is 0 Å². The van der Waals surface area contributed by atoms with E-state index in [1.807, 2.05) is 13.0 Å². The van der Waals surface area contributed by atoms with E-state index in [2.05, 4.69) is 44.5 Å².